The number of likely N-dealkylation sites (tertiary alicyclic amines) is 2. The first-order valence-electron chi connectivity index (χ1n) is 17.5. The molecule has 4 heterocycles. The molecular weight excluding hydrogens is 740 g/mol. The van der Waals surface area contributed by atoms with Crippen molar-refractivity contribution in [3.05, 3.63) is 88.1 Å². The van der Waals surface area contributed by atoms with Gasteiger partial charge in [-0.2, -0.15) is 26.3 Å². The molecule has 2 aliphatic rings. The van der Waals surface area contributed by atoms with E-state index in [4.69, 9.17) is 9.47 Å². The van der Waals surface area contributed by atoms with Gasteiger partial charge in [-0.15, -0.1) is 11.3 Å². The van der Waals surface area contributed by atoms with Gasteiger partial charge in [0.1, 0.15) is 28.7 Å². The highest BCUT2D eigenvalue weighted by Crippen LogP contribution is 2.44. The number of hydrogen-bond donors (Lipinski definition) is 2. The number of nitrogens with zero attached hydrogens (tertiary/aromatic N) is 3. The van der Waals surface area contributed by atoms with Gasteiger partial charge < -0.3 is 29.5 Å². The SMILES string of the molecule is C=C(O)C(C)(C)COc1ccccc1C1(O)CCN(C(=O)[C@]2(Oc3csc(C(F)(F)F)c3)CCCN(C(=O)c3ncccc3C(F)(F)F)[C@@H]2CCC)CC1. The molecule has 0 unspecified atom stereocenters. The molecule has 0 spiro atoms. The standard InChI is InChI=1S/C38H43F6N3O6S/c1-5-10-29-36(53-25-21-30(54-22-25)38(42,43)44,14-9-18-47(29)32(49)31-27(37(39,40)41)12-8-17-45-31)33(50)46-19-15-35(51,16-20-46)26-11-6-7-13-28(26)52-23-34(3,4)24(2)48/h6-8,11-13,17,21-22,29,48,51H,2,5,9-10,14-16,18-20,23H2,1,3-4H3/t29-,36+/m1/s1. The number of carbonyl (C=O) groups is 2. The first-order chi connectivity index (χ1) is 25.2. The summed E-state index contributed by atoms with van der Waals surface area (Å²) in [7, 11) is 0. The van der Waals surface area contributed by atoms with E-state index < -0.39 is 63.0 Å². The molecule has 0 bridgehead atoms. The first kappa shape index (κ1) is 40.9. The summed E-state index contributed by atoms with van der Waals surface area (Å²) in [4.78, 5) is 34.3. The van der Waals surface area contributed by atoms with Crippen molar-refractivity contribution in [1.82, 2.24) is 14.8 Å². The van der Waals surface area contributed by atoms with E-state index in [-0.39, 0.29) is 69.9 Å². The molecule has 2 fully saturated rings. The Bertz CT molecular complexity index is 1840. The van der Waals surface area contributed by atoms with E-state index in [1.165, 1.54) is 4.90 Å². The highest BCUT2D eigenvalue weighted by atomic mass is 32.1. The molecule has 0 saturated carbocycles. The zero-order chi connectivity index (χ0) is 39.7. The molecule has 5 rings (SSSR count). The number of ether oxygens (including phenoxy) is 2. The summed E-state index contributed by atoms with van der Waals surface area (Å²) in [5.41, 5.74) is -5.92. The average Bonchev–Trinajstić information content (AvgIpc) is 3.60. The molecule has 1 aromatic carbocycles. The molecule has 2 aromatic heterocycles. The Kier molecular flexibility index (Phi) is 11.7. The molecule has 0 aliphatic carbocycles. The van der Waals surface area contributed by atoms with Gasteiger partial charge in [-0.3, -0.25) is 14.6 Å². The number of pyridine rings is 1. The molecule has 9 nitrogen and oxygen atoms in total. The van der Waals surface area contributed by atoms with E-state index in [2.05, 4.69) is 11.6 Å². The lowest BCUT2D eigenvalue weighted by Gasteiger charge is -2.51. The Morgan fingerprint density at radius 3 is 2.31 bits per heavy atom. The van der Waals surface area contributed by atoms with Gasteiger partial charge in [-0.05, 0) is 57.7 Å². The molecule has 0 radical (unpaired) electrons. The average molecular weight is 784 g/mol. The van der Waals surface area contributed by atoms with Crippen LogP contribution in [0.1, 0.15) is 85.8 Å². The summed E-state index contributed by atoms with van der Waals surface area (Å²) in [5.74, 6) is -1.73. The van der Waals surface area contributed by atoms with E-state index in [0.29, 0.717) is 29.1 Å². The smallest absolute Gasteiger partial charge is 0.425 e. The molecule has 2 N–H and O–H groups in total. The van der Waals surface area contributed by atoms with Crippen molar-refractivity contribution in [2.75, 3.05) is 26.2 Å². The first-order valence-corrected chi connectivity index (χ1v) is 18.4. The van der Waals surface area contributed by atoms with Gasteiger partial charge in [-0.1, -0.05) is 38.1 Å². The normalized spacial score (nSPS) is 20.7. The number of alkyl halides is 6. The Hall–Kier alpha value is -4.31. The van der Waals surface area contributed by atoms with Crippen LogP contribution < -0.4 is 9.47 Å². The van der Waals surface area contributed by atoms with Crippen LogP contribution in [0.2, 0.25) is 0 Å². The minimum absolute atomic E-state index is 0.0198. The molecule has 2 saturated heterocycles. The third-order valence-electron chi connectivity index (χ3n) is 10.2. The minimum atomic E-state index is -4.92. The maximum atomic E-state index is 14.9. The van der Waals surface area contributed by atoms with Crippen LogP contribution in [0.25, 0.3) is 0 Å². The lowest BCUT2D eigenvalue weighted by atomic mass is 9.78. The van der Waals surface area contributed by atoms with Gasteiger partial charge in [0.2, 0.25) is 5.60 Å². The second-order valence-electron chi connectivity index (χ2n) is 14.4. The molecule has 2 atom stereocenters. The Balaban J connectivity index is 1.49. The van der Waals surface area contributed by atoms with Gasteiger partial charge in [0.25, 0.3) is 11.8 Å². The van der Waals surface area contributed by atoms with Crippen LogP contribution in [0.5, 0.6) is 11.5 Å². The number of amides is 2. The number of para-hydroxylation sites is 1. The van der Waals surface area contributed by atoms with Crippen molar-refractivity contribution in [2.24, 2.45) is 5.41 Å². The number of hydrogen-bond acceptors (Lipinski definition) is 8. The number of aliphatic hydroxyl groups is 2. The zero-order valence-corrected chi connectivity index (χ0v) is 30.9. The second-order valence-corrected chi connectivity index (χ2v) is 15.3. The fraction of sp³-hybridized carbons (Fsp3) is 0.500. The largest absolute Gasteiger partial charge is 0.512 e. The van der Waals surface area contributed by atoms with Gasteiger partial charge in [-0.25, -0.2) is 0 Å². The van der Waals surface area contributed by atoms with Gasteiger partial charge in [0.05, 0.1) is 28.4 Å². The van der Waals surface area contributed by atoms with Crippen molar-refractivity contribution in [1.29, 1.82) is 0 Å². The maximum Gasteiger partial charge on any atom is 0.425 e. The molecule has 2 amide bonds. The van der Waals surface area contributed by atoms with E-state index in [1.54, 1.807) is 45.0 Å². The number of thiophene rings is 1. The topological polar surface area (TPSA) is 112 Å². The molecule has 294 valence electrons. The summed E-state index contributed by atoms with van der Waals surface area (Å²) in [6.07, 6.45) is -8.07. The molecule has 2 aliphatic heterocycles. The number of halogens is 6. The van der Waals surface area contributed by atoms with Crippen molar-refractivity contribution < 1.29 is 55.6 Å². The van der Waals surface area contributed by atoms with Crippen LogP contribution in [0.15, 0.2) is 66.4 Å². The van der Waals surface area contributed by atoms with Crippen molar-refractivity contribution in [3.8, 4) is 11.5 Å². The predicted molar refractivity (Wildman–Crippen MR) is 188 cm³/mol. The van der Waals surface area contributed by atoms with E-state index in [9.17, 15) is 46.1 Å². The van der Waals surface area contributed by atoms with Crippen molar-refractivity contribution in [3.63, 3.8) is 0 Å². The molecule has 3 aromatic rings. The lowest BCUT2D eigenvalue weighted by molar-refractivity contribution is -0.163. The fourth-order valence-electron chi connectivity index (χ4n) is 7.01. The monoisotopic (exact) mass is 783 g/mol. The summed E-state index contributed by atoms with van der Waals surface area (Å²) < 4.78 is 95.5. The highest BCUT2D eigenvalue weighted by molar-refractivity contribution is 7.10. The van der Waals surface area contributed by atoms with Crippen molar-refractivity contribution in [2.45, 2.75) is 88.9 Å². The fourth-order valence-corrected chi connectivity index (χ4v) is 7.69. The third kappa shape index (κ3) is 8.33. The Labute approximate surface area is 313 Å². The quantitative estimate of drug-likeness (QED) is 0.149. The van der Waals surface area contributed by atoms with Crippen LogP contribution >= 0.6 is 11.3 Å². The number of benzene rings is 1. The number of aliphatic hydroxyl groups excluding tert-OH is 1. The van der Waals surface area contributed by atoms with E-state index in [0.717, 1.165) is 34.7 Å². The molecule has 54 heavy (non-hydrogen) atoms. The summed E-state index contributed by atoms with van der Waals surface area (Å²) in [6.45, 7) is 8.76. The number of piperidine rings is 2. The van der Waals surface area contributed by atoms with Crippen LogP contribution in [0.3, 0.4) is 0 Å². The Morgan fingerprint density at radius 2 is 1.70 bits per heavy atom. The third-order valence-corrected chi connectivity index (χ3v) is 11.1. The molecular formula is C38H43F6N3O6S. The number of carbonyl (C=O) groups excluding carboxylic acids is 2. The highest BCUT2D eigenvalue weighted by Gasteiger charge is 2.57. The summed E-state index contributed by atoms with van der Waals surface area (Å²) in [5, 5.41) is 23.0. The number of aromatic nitrogens is 1. The van der Waals surface area contributed by atoms with Gasteiger partial charge in [0.15, 0.2) is 0 Å². The van der Waals surface area contributed by atoms with Crippen LogP contribution in [-0.4, -0.2) is 74.7 Å². The molecule has 16 heteroatoms. The number of rotatable bonds is 11. The van der Waals surface area contributed by atoms with E-state index in [1.807, 2.05) is 0 Å². The zero-order valence-electron chi connectivity index (χ0n) is 30.1. The summed E-state index contributed by atoms with van der Waals surface area (Å²) in [6, 6.07) is 8.19. The maximum absolute atomic E-state index is 14.9. The lowest BCUT2D eigenvalue weighted by Crippen LogP contribution is -2.68. The van der Waals surface area contributed by atoms with Crippen LogP contribution in [0, 0.1) is 5.41 Å². The van der Waals surface area contributed by atoms with Crippen LogP contribution in [0.4, 0.5) is 26.3 Å². The minimum Gasteiger partial charge on any atom is -0.512 e. The van der Waals surface area contributed by atoms with Crippen molar-refractivity contribution >= 4 is 23.2 Å². The van der Waals surface area contributed by atoms with Crippen LogP contribution in [-0.2, 0) is 22.7 Å². The summed E-state index contributed by atoms with van der Waals surface area (Å²) >= 11 is 0.366. The second kappa shape index (κ2) is 15.4. The van der Waals surface area contributed by atoms with Gasteiger partial charge >= 0.3 is 12.4 Å². The Morgan fingerprint density at radius 1 is 1.02 bits per heavy atom. The van der Waals surface area contributed by atoms with Gasteiger partial charge in [0, 0.05) is 49.3 Å². The predicted octanol–water partition coefficient (Wildman–Crippen LogP) is 8.39. The van der Waals surface area contributed by atoms with E-state index >= 15 is 0 Å².